The average Bonchev–Trinajstić information content (AvgIpc) is 3.02. The second-order valence-corrected chi connectivity index (χ2v) is 6.57. The minimum atomic E-state index is -0.0833. The lowest BCUT2D eigenvalue weighted by atomic mass is 10.0. The molecule has 1 saturated heterocycles. The van der Waals surface area contributed by atoms with Gasteiger partial charge in [0.2, 0.25) is 5.91 Å². The minimum absolute atomic E-state index is 0.0833. The summed E-state index contributed by atoms with van der Waals surface area (Å²) in [6.45, 7) is 3.22. The SMILES string of the molecule is CC(=O)Nc1cccc(-n2cnnc2SCC2CCOCC2)c1. The van der Waals surface area contributed by atoms with Crippen LogP contribution in [0.3, 0.4) is 0 Å². The van der Waals surface area contributed by atoms with E-state index < -0.39 is 0 Å². The first-order valence-electron chi connectivity index (χ1n) is 7.71. The molecule has 0 bridgehead atoms. The molecular weight excluding hydrogens is 312 g/mol. The van der Waals surface area contributed by atoms with Gasteiger partial charge in [0.25, 0.3) is 0 Å². The van der Waals surface area contributed by atoms with E-state index in [0.29, 0.717) is 5.92 Å². The highest BCUT2D eigenvalue weighted by atomic mass is 32.2. The molecule has 0 radical (unpaired) electrons. The molecule has 0 saturated carbocycles. The summed E-state index contributed by atoms with van der Waals surface area (Å²) in [6, 6.07) is 7.67. The first-order chi connectivity index (χ1) is 11.2. The van der Waals surface area contributed by atoms with Crippen LogP contribution in [0.1, 0.15) is 19.8 Å². The normalized spacial score (nSPS) is 15.5. The van der Waals surface area contributed by atoms with Crippen LogP contribution in [0, 0.1) is 5.92 Å². The van der Waals surface area contributed by atoms with Crippen LogP contribution in [0.2, 0.25) is 0 Å². The molecule has 1 aliphatic rings. The number of anilines is 1. The molecule has 1 aromatic carbocycles. The monoisotopic (exact) mass is 332 g/mol. The van der Waals surface area contributed by atoms with Crippen molar-refractivity contribution in [2.75, 3.05) is 24.3 Å². The summed E-state index contributed by atoms with van der Waals surface area (Å²) in [7, 11) is 0. The number of carbonyl (C=O) groups excluding carboxylic acids is 1. The first kappa shape index (κ1) is 16.0. The molecule has 0 atom stereocenters. The number of aromatic nitrogens is 3. The van der Waals surface area contributed by atoms with Gasteiger partial charge in [-0.15, -0.1) is 10.2 Å². The highest BCUT2D eigenvalue weighted by molar-refractivity contribution is 7.99. The summed E-state index contributed by atoms with van der Waals surface area (Å²) in [5, 5.41) is 11.9. The van der Waals surface area contributed by atoms with Crippen molar-refractivity contribution >= 4 is 23.4 Å². The van der Waals surface area contributed by atoms with E-state index in [9.17, 15) is 4.79 Å². The van der Waals surface area contributed by atoms with Gasteiger partial charge in [-0.25, -0.2) is 0 Å². The van der Waals surface area contributed by atoms with Gasteiger partial charge in [0.05, 0.1) is 5.69 Å². The average molecular weight is 332 g/mol. The third-order valence-electron chi connectivity index (χ3n) is 3.75. The molecule has 23 heavy (non-hydrogen) atoms. The fourth-order valence-electron chi connectivity index (χ4n) is 2.54. The predicted molar refractivity (Wildman–Crippen MR) is 89.9 cm³/mol. The number of carbonyl (C=O) groups is 1. The molecule has 1 amide bonds. The van der Waals surface area contributed by atoms with Gasteiger partial charge >= 0.3 is 0 Å². The fraction of sp³-hybridized carbons (Fsp3) is 0.438. The van der Waals surface area contributed by atoms with Crippen molar-refractivity contribution in [3.63, 3.8) is 0 Å². The van der Waals surface area contributed by atoms with Crippen molar-refractivity contribution < 1.29 is 9.53 Å². The predicted octanol–water partition coefficient (Wildman–Crippen LogP) is 2.74. The molecule has 1 aliphatic heterocycles. The Morgan fingerprint density at radius 1 is 1.43 bits per heavy atom. The summed E-state index contributed by atoms with van der Waals surface area (Å²) in [5.74, 6) is 1.61. The molecule has 2 heterocycles. The molecule has 1 N–H and O–H groups in total. The van der Waals surface area contributed by atoms with E-state index in [1.807, 2.05) is 28.8 Å². The zero-order valence-corrected chi connectivity index (χ0v) is 13.9. The third-order valence-corrected chi connectivity index (χ3v) is 4.92. The quantitative estimate of drug-likeness (QED) is 0.853. The maximum Gasteiger partial charge on any atom is 0.221 e. The van der Waals surface area contributed by atoms with E-state index in [1.165, 1.54) is 6.92 Å². The van der Waals surface area contributed by atoms with E-state index in [1.54, 1.807) is 18.1 Å². The van der Waals surface area contributed by atoms with Crippen molar-refractivity contribution in [1.82, 2.24) is 14.8 Å². The Morgan fingerprint density at radius 2 is 2.26 bits per heavy atom. The van der Waals surface area contributed by atoms with E-state index in [0.717, 1.165) is 48.3 Å². The van der Waals surface area contributed by atoms with Gasteiger partial charge in [-0.2, -0.15) is 0 Å². The third kappa shape index (κ3) is 4.33. The molecule has 2 aromatic rings. The number of nitrogens with zero attached hydrogens (tertiary/aromatic N) is 3. The Hall–Kier alpha value is -1.86. The van der Waals surface area contributed by atoms with Gasteiger partial charge in [-0.3, -0.25) is 9.36 Å². The standard InChI is InChI=1S/C16H20N4O2S/c1-12(21)18-14-3-2-4-15(9-14)20-11-17-19-16(20)23-10-13-5-7-22-8-6-13/h2-4,9,11,13H,5-8,10H2,1H3,(H,18,21). The molecule has 122 valence electrons. The molecule has 0 spiro atoms. The fourth-order valence-corrected chi connectivity index (χ4v) is 3.66. The Morgan fingerprint density at radius 3 is 3.04 bits per heavy atom. The van der Waals surface area contributed by atoms with Crippen LogP contribution < -0.4 is 5.32 Å². The van der Waals surface area contributed by atoms with Crippen LogP contribution in [-0.2, 0) is 9.53 Å². The van der Waals surface area contributed by atoms with Crippen LogP contribution in [0.4, 0.5) is 5.69 Å². The Labute approximate surface area is 139 Å². The highest BCUT2D eigenvalue weighted by Gasteiger charge is 2.16. The van der Waals surface area contributed by atoms with Crippen LogP contribution in [0.5, 0.6) is 0 Å². The van der Waals surface area contributed by atoms with Crippen molar-refractivity contribution in [3.05, 3.63) is 30.6 Å². The second kappa shape index (κ2) is 7.61. The number of hydrogen-bond acceptors (Lipinski definition) is 5. The highest BCUT2D eigenvalue weighted by Crippen LogP contribution is 2.26. The maximum absolute atomic E-state index is 11.2. The van der Waals surface area contributed by atoms with E-state index in [-0.39, 0.29) is 5.91 Å². The maximum atomic E-state index is 11.2. The van der Waals surface area contributed by atoms with Crippen LogP contribution in [0.25, 0.3) is 5.69 Å². The van der Waals surface area contributed by atoms with E-state index in [4.69, 9.17) is 4.74 Å². The van der Waals surface area contributed by atoms with Gasteiger partial charge in [-0.1, -0.05) is 17.8 Å². The Balaban J connectivity index is 1.71. The summed E-state index contributed by atoms with van der Waals surface area (Å²) in [5.41, 5.74) is 1.71. The number of amides is 1. The summed E-state index contributed by atoms with van der Waals surface area (Å²) in [6.07, 6.45) is 3.93. The number of ether oxygens (including phenoxy) is 1. The van der Waals surface area contributed by atoms with Crippen LogP contribution >= 0.6 is 11.8 Å². The lowest BCUT2D eigenvalue weighted by Crippen LogP contribution is -2.17. The zero-order chi connectivity index (χ0) is 16.1. The Bertz CT molecular complexity index is 668. The van der Waals surface area contributed by atoms with Crippen LogP contribution in [-0.4, -0.2) is 39.6 Å². The van der Waals surface area contributed by atoms with Gasteiger partial charge in [0.1, 0.15) is 6.33 Å². The first-order valence-corrected chi connectivity index (χ1v) is 8.69. The van der Waals surface area contributed by atoms with Crippen molar-refractivity contribution in [2.24, 2.45) is 5.92 Å². The van der Waals surface area contributed by atoms with Crippen molar-refractivity contribution in [1.29, 1.82) is 0 Å². The minimum Gasteiger partial charge on any atom is -0.381 e. The summed E-state index contributed by atoms with van der Waals surface area (Å²) >= 11 is 1.72. The number of hydrogen-bond donors (Lipinski definition) is 1. The number of thioether (sulfide) groups is 1. The van der Waals surface area contributed by atoms with Gasteiger partial charge in [0.15, 0.2) is 5.16 Å². The smallest absolute Gasteiger partial charge is 0.221 e. The molecule has 7 heteroatoms. The molecular formula is C16H20N4O2S. The van der Waals surface area contributed by atoms with E-state index in [2.05, 4.69) is 15.5 Å². The van der Waals surface area contributed by atoms with Crippen LogP contribution in [0.15, 0.2) is 35.7 Å². The lowest BCUT2D eigenvalue weighted by molar-refractivity contribution is -0.114. The molecule has 1 fully saturated rings. The lowest BCUT2D eigenvalue weighted by Gasteiger charge is -2.21. The summed E-state index contributed by atoms with van der Waals surface area (Å²) < 4.78 is 7.35. The molecule has 6 nitrogen and oxygen atoms in total. The molecule has 3 rings (SSSR count). The molecule has 1 aromatic heterocycles. The van der Waals surface area contributed by atoms with Crippen molar-refractivity contribution in [2.45, 2.75) is 24.9 Å². The topological polar surface area (TPSA) is 69.0 Å². The molecule has 0 unspecified atom stereocenters. The number of benzene rings is 1. The largest absolute Gasteiger partial charge is 0.381 e. The van der Waals surface area contributed by atoms with Gasteiger partial charge in [-0.05, 0) is 37.0 Å². The second-order valence-electron chi connectivity index (χ2n) is 5.58. The van der Waals surface area contributed by atoms with Gasteiger partial charge in [0, 0.05) is 31.6 Å². The zero-order valence-electron chi connectivity index (χ0n) is 13.1. The number of rotatable bonds is 5. The van der Waals surface area contributed by atoms with Gasteiger partial charge < -0.3 is 10.1 Å². The summed E-state index contributed by atoms with van der Waals surface area (Å²) in [4.78, 5) is 11.2. The molecule has 0 aliphatic carbocycles. The van der Waals surface area contributed by atoms with E-state index >= 15 is 0 Å². The number of nitrogens with one attached hydrogen (secondary N) is 1. The van der Waals surface area contributed by atoms with Crippen molar-refractivity contribution in [3.8, 4) is 5.69 Å². The Kier molecular flexibility index (Phi) is 5.30.